The number of Topliss-reactive ketones (excluding diaryl/α,β-unsaturated/α-hetero) is 3. The molecule has 8 aliphatic rings. The number of benzene rings is 3. The van der Waals surface area contributed by atoms with E-state index in [1.807, 2.05) is 89.2 Å². The maximum absolute atomic E-state index is 16.1. The smallest absolute Gasteiger partial charge is 0.313 e. The zero-order valence-electron chi connectivity index (χ0n) is 89.2. The molecule has 0 radical (unpaired) electrons. The Bertz CT molecular complexity index is 5810. The number of ether oxygens (including phenoxy) is 12. The van der Waals surface area contributed by atoms with E-state index < -0.39 is 205 Å². The van der Waals surface area contributed by atoms with E-state index in [1.165, 1.54) is 33.5 Å². The van der Waals surface area contributed by atoms with E-state index in [-0.39, 0.29) is 132 Å². The predicted octanol–water partition coefficient (Wildman–Crippen LogP) is 23.2. The van der Waals surface area contributed by atoms with Gasteiger partial charge in [0, 0.05) is 77.9 Å². The molecule has 5 heterocycles. The fourth-order valence-corrected chi connectivity index (χ4v) is 21.4. The van der Waals surface area contributed by atoms with Crippen LogP contribution in [0.4, 0.5) is 26.3 Å². The second-order valence-electron chi connectivity index (χ2n) is 47.0. The van der Waals surface area contributed by atoms with Crippen molar-refractivity contribution in [2.24, 2.45) is 105 Å². The molecule has 6 aromatic rings. The molecule has 146 heavy (non-hydrogen) atoms. The Kier molecular flexibility index (Phi) is 35.3. The van der Waals surface area contributed by atoms with E-state index in [9.17, 15) is 43.2 Å². The van der Waals surface area contributed by atoms with Crippen molar-refractivity contribution in [3.63, 3.8) is 0 Å². The summed E-state index contributed by atoms with van der Waals surface area (Å²) < 4.78 is 165. The molecule has 3 aromatic heterocycles. The normalized spacial score (nSPS) is 28.0. The van der Waals surface area contributed by atoms with Gasteiger partial charge in [0.25, 0.3) is 5.92 Å². The number of ketones is 3. The fourth-order valence-electron chi connectivity index (χ4n) is 21.4. The zero-order chi connectivity index (χ0) is 108. The van der Waals surface area contributed by atoms with E-state index in [4.69, 9.17) is 56.8 Å². The summed E-state index contributed by atoms with van der Waals surface area (Å²) >= 11 is 0. The van der Waals surface area contributed by atoms with Gasteiger partial charge in [-0.3, -0.25) is 43.2 Å². The molecule has 21 atom stereocenters. The largest absolute Gasteiger partial charge is 0.497 e. The van der Waals surface area contributed by atoms with Crippen molar-refractivity contribution in [1.29, 1.82) is 0 Å². The number of esters is 6. The summed E-state index contributed by atoms with van der Waals surface area (Å²) in [6.45, 7) is 45.3. The van der Waals surface area contributed by atoms with Crippen molar-refractivity contribution in [1.82, 2.24) is 29.9 Å². The second kappa shape index (κ2) is 45.3. The first-order chi connectivity index (χ1) is 68.2. The van der Waals surface area contributed by atoms with Crippen LogP contribution in [0, 0.1) is 105 Å². The number of hydrogen-bond acceptors (Lipinski definition) is 27. The van der Waals surface area contributed by atoms with Crippen molar-refractivity contribution in [2.45, 2.75) is 345 Å². The van der Waals surface area contributed by atoms with E-state index >= 15 is 26.3 Å². The molecule has 0 spiro atoms. The first-order valence-electron chi connectivity index (χ1n) is 51.7. The highest BCUT2D eigenvalue weighted by Gasteiger charge is 2.60. The lowest BCUT2D eigenvalue weighted by molar-refractivity contribution is -0.166. The second-order valence-corrected chi connectivity index (χ2v) is 47.0. The summed E-state index contributed by atoms with van der Waals surface area (Å²) in [4.78, 5) is 152. The average molecular weight is 2040 g/mol. The summed E-state index contributed by atoms with van der Waals surface area (Å²) in [6, 6.07) is 14.3. The number of alkyl halides is 6. The molecule has 4 bridgehead atoms. The van der Waals surface area contributed by atoms with E-state index in [2.05, 4.69) is 43.1 Å². The number of methoxy groups -OCH3 is 3. The van der Waals surface area contributed by atoms with Crippen LogP contribution < -0.4 is 28.4 Å². The van der Waals surface area contributed by atoms with Crippen molar-refractivity contribution >= 4 is 86.3 Å². The monoisotopic (exact) mass is 2040 g/mol. The number of halogens is 6. The number of rotatable bonds is 21. The van der Waals surface area contributed by atoms with Crippen molar-refractivity contribution in [3.05, 3.63) is 109 Å². The molecule has 2 aliphatic heterocycles. The topological polar surface area (TPSA) is 342 Å². The molecular weight excluding hydrogens is 1890 g/mol. The molecule has 0 N–H and O–H groups in total. The summed E-state index contributed by atoms with van der Waals surface area (Å²) in [5, 5.41) is 0. The fraction of sp³-hybridized carbons (Fsp3) is 0.655. The van der Waals surface area contributed by atoms with Gasteiger partial charge >= 0.3 is 47.7 Å². The van der Waals surface area contributed by atoms with Crippen molar-refractivity contribution in [2.75, 3.05) is 21.3 Å². The number of nitrogens with zero attached hydrogens (tertiary/aromatic N) is 6. The van der Waals surface area contributed by atoms with Crippen LogP contribution in [0.5, 0.6) is 34.9 Å². The van der Waals surface area contributed by atoms with Gasteiger partial charge in [0.15, 0.2) is 17.1 Å². The first-order valence-corrected chi connectivity index (χ1v) is 51.7. The van der Waals surface area contributed by atoms with E-state index in [1.54, 1.807) is 111 Å². The number of fused-ring (bicyclic) bond motifs is 11. The van der Waals surface area contributed by atoms with Gasteiger partial charge in [0.1, 0.15) is 88.0 Å². The van der Waals surface area contributed by atoms with Crippen LogP contribution in [-0.4, -0.2) is 158 Å². The minimum absolute atomic E-state index is 0.0199. The molecule has 33 heteroatoms. The van der Waals surface area contributed by atoms with Gasteiger partial charge in [0.05, 0.1) is 91.4 Å². The summed E-state index contributed by atoms with van der Waals surface area (Å²) in [7, 11) is 4.47. The molecule has 6 aliphatic carbocycles. The standard InChI is InChI=1S/C39H52F2N2O7.C37H50F2N2O7.C37H48F2N2O7/c1-11-14-15-22-18-29(22)48-31(44)21-26(37(4,5)6)33(45)25-20-30(24(12-2)32(25)36(46)50-38(7,8)9)49-35-34(39(40,41)13-3)42-27-17-16-23(47-10)19-28(27)43-35;2*1-9-22-28-18-23(30(22)34(44)48-36(5,6)7)31(43)24(35(2,3)4)19-29(42)46-27-16-20(27)12-10-11-15-37(38,39)32-33(47-28)41-26-17-21(45-8)13-14-25(26)40-32/h11,13,16-17,19,22,24-26,29-30,32H,1,3,12,14-15,18,20-21H2,2,4-10H3;13-14,17,20,22-24,27-28,30H,9-12,15-16,18-19H2,1-8H3;11,13-15,17,20,22-24,27-28,30H,9-10,12,16,18-19H2,1-8H3/b;;15-11+/t22-,24-,25?,26-,29-,30+,32-;2*20-,22-,23?,24-,27-,28+,30-/m111/s1. The van der Waals surface area contributed by atoms with Gasteiger partial charge in [-0.25, -0.2) is 29.9 Å². The van der Waals surface area contributed by atoms with Gasteiger partial charge in [0.2, 0.25) is 17.6 Å². The van der Waals surface area contributed by atoms with Crippen LogP contribution in [0.25, 0.3) is 33.1 Å². The lowest BCUT2D eigenvalue weighted by atomic mass is 9.70. The number of carbonyl (C=O) groups is 9. The molecule has 14 rings (SSSR count). The van der Waals surface area contributed by atoms with Gasteiger partial charge in [-0.1, -0.05) is 108 Å². The highest BCUT2D eigenvalue weighted by Crippen LogP contribution is 2.55. The quantitative estimate of drug-likeness (QED) is 0.0279. The maximum atomic E-state index is 16.1. The number of allylic oxidation sites excluding steroid dienone is 4. The molecule has 800 valence electrons. The van der Waals surface area contributed by atoms with Crippen LogP contribution >= 0.6 is 0 Å². The van der Waals surface area contributed by atoms with Crippen LogP contribution in [0.2, 0.25) is 0 Å². The zero-order valence-corrected chi connectivity index (χ0v) is 89.2. The first kappa shape index (κ1) is 114. The number of carbonyl (C=O) groups excluding carboxylic acids is 9. The maximum Gasteiger partial charge on any atom is 0.313 e. The Labute approximate surface area is 853 Å². The third kappa shape index (κ3) is 28.0. The lowest BCUT2D eigenvalue weighted by Crippen LogP contribution is -2.41. The summed E-state index contributed by atoms with van der Waals surface area (Å²) in [6.07, 6.45) is 7.84. The molecular formula is C113H150F6N6O21. The molecule has 3 aromatic carbocycles. The van der Waals surface area contributed by atoms with Crippen LogP contribution in [0.1, 0.15) is 291 Å². The number of hydrogen-bond donors (Lipinski definition) is 0. The van der Waals surface area contributed by atoms with Gasteiger partial charge < -0.3 is 56.8 Å². The Morgan fingerprint density at radius 2 is 0.952 bits per heavy atom. The predicted molar refractivity (Wildman–Crippen MR) is 535 cm³/mol. The van der Waals surface area contributed by atoms with Gasteiger partial charge in [-0.2, -0.15) is 26.3 Å². The van der Waals surface area contributed by atoms with Crippen molar-refractivity contribution < 1.29 is 126 Å². The van der Waals surface area contributed by atoms with Crippen LogP contribution in [0.3, 0.4) is 0 Å². The van der Waals surface area contributed by atoms with Crippen LogP contribution in [0.15, 0.2) is 92.1 Å². The van der Waals surface area contributed by atoms with E-state index in [0.717, 1.165) is 25.3 Å². The van der Waals surface area contributed by atoms with Gasteiger partial charge in [-0.05, 0) is 241 Å². The molecule has 27 nitrogen and oxygen atoms in total. The average Bonchev–Trinajstić information content (AvgIpc) is 1.56. The Hall–Kier alpha value is -10.9. The number of aromatic nitrogens is 6. The van der Waals surface area contributed by atoms with Gasteiger partial charge in [-0.15, -0.1) is 6.58 Å². The summed E-state index contributed by atoms with van der Waals surface area (Å²) in [5.74, 6) is -23.2. The third-order valence-corrected chi connectivity index (χ3v) is 29.5. The highest BCUT2D eigenvalue weighted by molar-refractivity contribution is 5.95. The molecule has 0 saturated heterocycles. The Balaban J connectivity index is 0.000000195. The minimum Gasteiger partial charge on any atom is -0.497 e. The minimum atomic E-state index is -3.60. The van der Waals surface area contributed by atoms with Crippen LogP contribution in [-0.2, 0) is 89.3 Å². The molecule has 0 amide bonds. The SMILES string of the molecule is C=CCC[C@@H]1C[C@H]1OC(=O)C[C@H](C(=O)C1C[C@H](Oc2nc3cc(OC)ccc3nc2C(F)(F)C=C)[C@@H](CC)[C@H]1C(=O)OC(C)(C)C)C(C)(C)C.CC[C@@H]1[C@@H]2CC(C(=O)[C@H](C(C)(C)C)CC(=O)O[C@@H]3C[C@H]3CC/C=C/C(F)(F)c3nc4ccc(OC)cc4nc3O2)[C@@H]1C(=O)OC(C)(C)C.CC[C@@H]1[C@@H]2CC(C(=O)[C@H](C(C)(C)C)CC(=O)O[C@@H]3C[C@H]3CCCCC(F)(F)c3nc4ccc(OC)cc4nc3O2)[C@@H]1C(=O)OC(C)(C)C. The Morgan fingerprint density at radius 1 is 0.507 bits per heavy atom. The van der Waals surface area contributed by atoms with Crippen molar-refractivity contribution in [3.8, 4) is 34.9 Å². The molecule has 6 fully saturated rings. The van der Waals surface area contributed by atoms with E-state index in [0.29, 0.717) is 92.1 Å². The summed E-state index contributed by atoms with van der Waals surface area (Å²) in [5.41, 5.74) is -4.82. The highest BCUT2D eigenvalue weighted by atomic mass is 19.3. The molecule has 3 unspecified atom stereocenters. The molecule has 6 saturated carbocycles. The lowest BCUT2D eigenvalue weighted by Gasteiger charge is -2.33. The Morgan fingerprint density at radius 3 is 1.39 bits per heavy atom. The third-order valence-electron chi connectivity index (χ3n) is 29.5.